The van der Waals surface area contributed by atoms with Crippen LogP contribution in [0, 0.1) is 5.92 Å². The Hall–Kier alpha value is -0.820. The van der Waals surface area contributed by atoms with Crippen LogP contribution in [0.1, 0.15) is 32.3 Å². The maximum atomic E-state index is 4.98. The van der Waals surface area contributed by atoms with E-state index < -0.39 is 0 Å². The number of para-hydroxylation sites is 1. The average molecular weight is 442 g/mol. The van der Waals surface area contributed by atoms with Gasteiger partial charge in [-0.15, -0.1) is 24.0 Å². The summed E-state index contributed by atoms with van der Waals surface area (Å²) in [7, 11) is 0. The summed E-state index contributed by atoms with van der Waals surface area (Å²) < 4.78 is 0. The summed E-state index contributed by atoms with van der Waals surface area (Å²) in [6.07, 6.45) is 3.66. The van der Waals surface area contributed by atoms with Gasteiger partial charge in [0, 0.05) is 31.9 Å². The zero-order chi connectivity index (χ0) is 16.1. The van der Waals surface area contributed by atoms with Crippen LogP contribution in [0.2, 0.25) is 0 Å². The number of aliphatic imine (C=N–C) groups is 1. The zero-order valence-electron chi connectivity index (χ0n) is 15.0. The van der Waals surface area contributed by atoms with E-state index in [0.29, 0.717) is 5.92 Å². The molecule has 2 heterocycles. The predicted octanol–water partition coefficient (Wildman–Crippen LogP) is 3.36. The van der Waals surface area contributed by atoms with Crippen molar-refractivity contribution >= 4 is 35.6 Å². The summed E-state index contributed by atoms with van der Waals surface area (Å²) >= 11 is 0. The smallest absolute Gasteiger partial charge is 0.198 e. The second-order valence-corrected chi connectivity index (χ2v) is 6.68. The van der Waals surface area contributed by atoms with Gasteiger partial charge in [-0.05, 0) is 56.8 Å². The van der Waals surface area contributed by atoms with Gasteiger partial charge in [0.1, 0.15) is 0 Å². The maximum Gasteiger partial charge on any atom is 0.198 e. The number of fused-ring (bicyclic) bond motifs is 1. The van der Waals surface area contributed by atoms with Crippen molar-refractivity contribution < 1.29 is 0 Å². The van der Waals surface area contributed by atoms with E-state index in [1.165, 1.54) is 43.7 Å². The van der Waals surface area contributed by atoms with E-state index in [-0.39, 0.29) is 24.0 Å². The molecule has 1 unspecified atom stereocenters. The molecule has 1 aromatic carbocycles. The number of nitrogens with zero attached hydrogens (tertiary/aromatic N) is 3. The number of guanidine groups is 1. The first-order chi connectivity index (χ1) is 11.3. The van der Waals surface area contributed by atoms with E-state index in [9.17, 15) is 0 Å². The SMILES string of the molecule is CCCN1CCC(CN=C(NCC)N2CCc3ccccc32)C1.I. The largest absolute Gasteiger partial charge is 0.356 e. The minimum atomic E-state index is 0. The molecule has 1 atom stereocenters. The van der Waals surface area contributed by atoms with Gasteiger partial charge in [-0.25, -0.2) is 0 Å². The lowest BCUT2D eigenvalue weighted by atomic mass is 10.1. The quantitative estimate of drug-likeness (QED) is 0.431. The Morgan fingerprint density at radius 3 is 2.88 bits per heavy atom. The van der Waals surface area contributed by atoms with Crippen molar-refractivity contribution in [2.45, 2.75) is 33.1 Å². The van der Waals surface area contributed by atoms with Crippen LogP contribution >= 0.6 is 24.0 Å². The van der Waals surface area contributed by atoms with Crippen molar-refractivity contribution in [2.75, 3.05) is 44.2 Å². The molecule has 1 N–H and O–H groups in total. The number of hydrogen-bond donors (Lipinski definition) is 1. The van der Waals surface area contributed by atoms with Gasteiger partial charge in [-0.2, -0.15) is 0 Å². The van der Waals surface area contributed by atoms with Gasteiger partial charge in [-0.3, -0.25) is 4.99 Å². The van der Waals surface area contributed by atoms with Crippen molar-refractivity contribution in [3.63, 3.8) is 0 Å². The van der Waals surface area contributed by atoms with Crippen molar-refractivity contribution in [3.8, 4) is 0 Å². The van der Waals surface area contributed by atoms with E-state index in [2.05, 4.69) is 53.2 Å². The summed E-state index contributed by atoms with van der Waals surface area (Å²) in [6, 6.07) is 8.71. The second-order valence-electron chi connectivity index (χ2n) is 6.68. The van der Waals surface area contributed by atoms with Gasteiger partial charge < -0.3 is 15.1 Å². The number of nitrogens with one attached hydrogen (secondary N) is 1. The fraction of sp³-hybridized carbons (Fsp3) is 0.632. The van der Waals surface area contributed by atoms with Crippen LogP contribution in [-0.2, 0) is 6.42 Å². The molecule has 4 nitrogen and oxygen atoms in total. The van der Waals surface area contributed by atoms with Crippen molar-refractivity contribution in [1.29, 1.82) is 0 Å². The van der Waals surface area contributed by atoms with Crippen molar-refractivity contribution in [1.82, 2.24) is 10.2 Å². The summed E-state index contributed by atoms with van der Waals surface area (Å²) in [5.41, 5.74) is 2.76. The van der Waals surface area contributed by atoms with E-state index in [4.69, 9.17) is 4.99 Å². The fourth-order valence-electron chi connectivity index (χ4n) is 3.75. The Bertz CT molecular complexity index is 546. The van der Waals surface area contributed by atoms with Crippen LogP contribution in [0.5, 0.6) is 0 Å². The van der Waals surface area contributed by atoms with Crippen molar-refractivity contribution in [2.24, 2.45) is 10.9 Å². The molecule has 0 aromatic heterocycles. The molecule has 0 saturated carbocycles. The highest BCUT2D eigenvalue weighted by atomic mass is 127. The first-order valence-electron chi connectivity index (χ1n) is 9.18. The summed E-state index contributed by atoms with van der Waals surface area (Å²) in [4.78, 5) is 9.92. The number of anilines is 1. The van der Waals surface area contributed by atoms with Gasteiger partial charge in [0.2, 0.25) is 0 Å². The first-order valence-corrected chi connectivity index (χ1v) is 9.18. The summed E-state index contributed by atoms with van der Waals surface area (Å²) in [5.74, 6) is 1.78. The molecule has 1 fully saturated rings. The molecule has 1 saturated heterocycles. The lowest BCUT2D eigenvalue weighted by Crippen LogP contribution is -2.41. The van der Waals surface area contributed by atoms with Gasteiger partial charge in [0.25, 0.3) is 0 Å². The zero-order valence-corrected chi connectivity index (χ0v) is 17.3. The number of likely N-dealkylation sites (tertiary alicyclic amines) is 1. The highest BCUT2D eigenvalue weighted by Gasteiger charge is 2.24. The van der Waals surface area contributed by atoms with E-state index in [1.807, 2.05) is 0 Å². The monoisotopic (exact) mass is 442 g/mol. The van der Waals surface area contributed by atoms with E-state index in [1.54, 1.807) is 0 Å². The van der Waals surface area contributed by atoms with Crippen LogP contribution in [0.4, 0.5) is 5.69 Å². The summed E-state index contributed by atoms with van der Waals surface area (Å²) in [5, 5.41) is 3.49. The molecule has 3 rings (SSSR count). The molecule has 2 aliphatic heterocycles. The molecular formula is C19H31IN4. The van der Waals surface area contributed by atoms with Crippen LogP contribution in [0.25, 0.3) is 0 Å². The molecule has 134 valence electrons. The summed E-state index contributed by atoms with van der Waals surface area (Å²) in [6.45, 7) is 11.0. The minimum Gasteiger partial charge on any atom is -0.356 e. The van der Waals surface area contributed by atoms with Gasteiger partial charge in [0.05, 0.1) is 0 Å². The topological polar surface area (TPSA) is 30.9 Å². The molecule has 0 amide bonds. The molecule has 0 spiro atoms. The Labute approximate surface area is 163 Å². The average Bonchev–Trinajstić information content (AvgIpc) is 3.19. The number of rotatable bonds is 5. The maximum absolute atomic E-state index is 4.98. The fourth-order valence-corrected chi connectivity index (χ4v) is 3.75. The van der Waals surface area contributed by atoms with E-state index in [0.717, 1.165) is 32.0 Å². The minimum absolute atomic E-state index is 0. The van der Waals surface area contributed by atoms with Gasteiger partial charge >= 0.3 is 0 Å². The Balaban J connectivity index is 0.00000208. The highest BCUT2D eigenvalue weighted by molar-refractivity contribution is 14.0. The molecule has 1 aromatic rings. The molecule has 0 aliphatic carbocycles. The first kappa shape index (κ1) is 19.5. The molecule has 24 heavy (non-hydrogen) atoms. The molecule has 5 heteroatoms. The molecule has 0 bridgehead atoms. The predicted molar refractivity (Wildman–Crippen MR) is 114 cm³/mol. The Kier molecular flexibility index (Phi) is 7.81. The van der Waals surface area contributed by atoms with Crippen LogP contribution in [-0.4, -0.2) is 50.1 Å². The molecular weight excluding hydrogens is 411 g/mol. The van der Waals surface area contributed by atoms with Crippen LogP contribution in [0.3, 0.4) is 0 Å². The van der Waals surface area contributed by atoms with Gasteiger partial charge in [0.15, 0.2) is 5.96 Å². The highest BCUT2D eigenvalue weighted by Crippen LogP contribution is 2.27. The third-order valence-corrected chi connectivity index (χ3v) is 4.89. The Morgan fingerprint density at radius 2 is 2.08 bits per heavy atom. The van der Waals surface area contributed by atoms with E-state index >= 15 is 0 Å². The standard InChI is InChI=1S/C19H30N4.HI/c1-3-11-22-12-9-16(15-22)14-21-19(20-4-2)23-13-10-17-7-5-6-8-18(17)23;/h5-8,16H,3-4,9-15H2,1-2H3,(H,20,21);1H. The third kappa shape index (κ3) is 4.63. The lowest BCUT2D eigenvalue weighted by Gasteiger charge is -2.23. The second kappa shape index (κ2) is 9.61. The molecule has 0 radical (unpaired) electrons. The number of hydrogen-bond acceptors (Lipinski definition) is 2. The Morgan fingerprint density at radius 1 is 1.25 bits per heavy atom. The van der Waals surface area contributed by atoms with Crippen molar-refractivity contribution in [3.05, 3.63) is 29.8 Å². The van der Waals surface area contributed by atoms with Gasteiger partial charge in [-0.1, -0.05) is 25.1 Å². The third-order valence-electron chi connectivity index (χ3n) is 4.89. The molecule has 2 aliphatic rings. The number of benzene rings is 1. The van der Waals surface area contributed by atoms with Crippen LogP contribution < -0.4 is 10.2 Å². The normalized spacial score (nSPS) is 20.8. The van der Waals surface area contributed by atoms with Crippen LogP contribution in [0.15, 0.2) is 29.3 Å². The number of halogens is 1. The lowest BCUT2D eigenvalue weighted by molar-refractivity contribution is 0.326.